The number of carbonyl (C=O) groups excluding carboxylic acids is 3. The van der Waals surface area contributed by atoms with Gasteiger partial charge in [-0.05, 0) is 76.4 Å². The maximum atomic E-state index is 14.0. The highest BCUT2D eigenvalue weighted by atomic mass is 32.2. The molecule has 0 aliphatic carbocycles. The minimum atomic E-state index is -0.717. The van der Waals surface area contributed by atoms with Gasteiger partial charge in [-0.15, -0.1) is 11.8 Å². The Hall–Kier alpha value is -3.04. The first-order valence-electron chi connectivity index (χ1n) is 13.9. The van der Waals surface area contributed by atoms with Crippen LogP contribution < -0.4 is 15.5 Å². The van der Waals surface area contributed by atoms with E-state index in [-0.39, 0.29) is 30.9 Å². The van der Waals surface area contributed by atoms with Gasteiger partial charge in [-0.3, -0.25) is 14.4 Å². The number of aliphatic hydroxyl groups is 1. The van der Waals surface area contributed by atoms with Gasteiger partial charge in [-0.1, -0.05) is 18.2 Å². The standard InChI is InChI=1S/C30H38N4O4S/c1-4-33(5-2)22-14-12-21(13-15-22)32-27(37)25-30-17-16-29(3,39-30)23(24(30)28(38)34(25)18-9-19-35)26(36)31-20-10-7-6-8-11-20/h6-8,10-15,23-25,35H,4-5,9,16-19H2,1-3H3,(H,31,36)(H,32,37)/t23-,24+,25?,29+,30?/m1/s1. The van der Waals surface area contributed by atoms with Crippen LogP contribution in [0.1, 0.15) is 40.0 Å². The van der Waals surface area contributed by atoms with E-state index < -0.39 is 27.4 Å². The molecule has 0 saturated carbocycles. The fraction of sp³-hybridized carbons (Fsp3) is 0.500. The molecule has 208 valence electrons. The molecular weight excluding hydrogens is 512 g/mol. The third-order valence-corrected chi connectivity index (χ3v) is 10.7. The van der Waals surface area contributed by atoms with Crippen molar-refractivity contribution in [3.8, 4) is 0 Å². The first kappa shape index (κ1) is 27.5. The second kappa shape index (κ2) is 10.8. The Morgan fingerprint density at radius 1 is 1.00 bits per heavy atom. The zero-order chi connectivity index (χ0) is 27.8. The Labute approximate surface area is 234 Å². The number of rotatable bonds is 10. The van der Waals surface area contributed by atoms with E-state index in [2.05, 4.69) is 36.3 Å². The van der Waals surface area contributed by atoms with E-state index in [1.807, 2.05) is 54.6 Å². The molecular formula is C30H38N4O4S. The molecule has 8 nitrogen and oxygen atoms in total. The number of thioether (sulfide) groups is 1. The predicted molar refractivity (Wildman–Crippen MR) is 156 cm³/mol. The molecule has 3 aliphatic rings. The monoisotopic (exact) mass is 550 g/mol. The average molecular weight is 551 g/mol. The van der Waals surface area contributed by atoms with Gasteiger partial charge in [0.2, 0.25) is 17.7 Å². The molecule has 1 spiro atoms. The zero-order valence-corrected chi connectivity index (χ0v) is 23.7. The van der Waals surface area contributed by atoms with E-state index in [1.54, 1.807) is 16.7 Å². The number of hydrogen-bond donors (Lipinski definition) is 3. The number of aliphatic hydroxyl groups excluding tert-OH is 1. The third kappa shape index (κ3) is 4.69. The van der Waals surface area contributed by atoms with Crippen LogP contribution in [0.2, 0.25) is 0 Å². The first-order valence-corrected chi connectivity index (χ1v) is 14.7. The summed E-state index contributed by atoms with van der Waals surface area (Å²) in [5.41, 5.74) is 2.45. The SMILES string of the molecule is CCN(CC)c1ccc(NC(=O)C2N(CCCO)C(=O)[C@@H]3[C@H](C(=O)Nc4ccccc4)[C@]4(C)CCC23S4)cc1. The van der Waals surface area contributed by atoms with E-state index in [0.29, 0.717) is 24.2 Å². The number of para-hydroxylation sites is 1. The highest BCUT2D eigenvalue weighted by Gasteiger charge is 2.77. The summed E-state index contributed by atoms with van der Waals surface area (Å²) in [7, 11) is 0. The number of likely N-dealkylation sites (tertiary alicyclic amines) is 1. The number of nitrogens with zero attached hydrogens (tertiary/aromatic N) is 2. The highest BCUT2D eigenvalue weighted by Crippen LogP contribution is 2.71. The number of hydrogen-bond acceptors (Lipinski definition) is 6. The summed E-state index contributed by atoms with van der Waals surface area (Å²) in [6.45, 7) is 8.26. The molecule has 0 radical (unpaired) electrons. The Kier molecular flexibility index (Phi) is 7.66. The molecule has 2 aromatic carbocycles. The van der Waals surface area contributed by atoms with Crippen LogP contribution in [0, 0.1) is 11.8 Å². The smallest absolute Gasteiger partial charge is 0.248 e. The number of fused-ring (bicyclic) bond motifs is 1. The number of amides is 3. The number of carbonyl (C=O) groups is 3. The summed E-state index contributed by atoms with van der Waals surface area (Å²) in [5.74, 6) is -1.72. The van der Waals surface area contributed by atoms with Crippen LogP contribution in [0.25, 0.3) is 0 Å². The lowest BCUT2D eigenvalue weighted by Crippen LogP contribution is -2.52. The van der Waals surface area contributed by atoms with Gasteiger partial charge in [0, 0.05) is 48.1 Å². The van der Waals surface area contributed by atoms with Gasteiger partial charge in [0.05, 0.1) is 16.6 Å². The second-order valence-electron chi connectivity index (χ2n) is 10.9. The van der Waals surface area contributed by atoms with Crippen LogP contribution in [0.5, 0.6) is 0 Å². The van der Waals surface area contributed by atoms with E-state index in [1.165, 1.54) is 0 Å². The highest BCUT2D eigenvalue weighted by molar-refractivity contribution is 8.02. The molecule has 3 saturated heterocycles. The Morgan fingerprint density at radius 2 is 1.64 bits per heavy atom. The normalized spacial score (nSPS) is 28.9. The van der Waals surface area contributed by atoms with Crippen LogP contribution in [-0.4, -0.2) is 69.5 Å². The average Bonchev–Trinajstić information content (AvgIpc) is 3.50. The summed E-state index contributed by atoms with van der Waals surface area (Å²) in [6, 6.07) is 16.3. The van der Waals surface area contributed by atoms with E-state index in [9.17, 15) is 19.5 Å². The van der Waals surface area contributed by atoms with Crippen molar-refractivity contribution in [3.63, 3.8) is 0 Å². The van der Waals surface area contributed by atoms with Gasteiger partial charge in [0.15, 0.2) is 0 Å². The lowest BCUT2D eigenvalue weighted by molar-refractivity contribution is -0.139. The van der Waals surface area contributed by atoms with E-state index >= 15 is 0 Å². The van der Waals surface area contributed by atoms with Crippen molar-refractivity contribution in [3.05, 3.63) is 54.6 Å². The topological polar surface area (TPSA) is 102 Å². The fourth-order valence-corrected chi connectivity index (χ4v) is 9.26. The fourth-order valence-electron chi connectivity index (χ4n) is 6.91. The zero-order valence-electron chi connectivity index (χ0n) is 22.9. The lowest BCUT2D eigenvalue weighted by Gasteiger charge is -2.34. The number of anilines is 3. The van der Waals surface area contributed by atoms with Gasteiger partial charge < -0.3 is 25.5 Å². The van der Waals surface area contributed by atoms with Crippen molar-refractivity contribution in [2.24, 2.45) is 11.8 Å². The molecule has 9 heteroatoms. The molecule has 3 aliphatic heterocycles. The van der Waals surface area contributed by atoms with Gasteiger partial charge in [-0.25, -0.2) is 0 Å². The predicted octanol–water partition coefficient (Wildman–Crippen LogP) is 3.97. The summed E-state index contributed by atoms with van der Waals surface area (Å²) < 4.78 is -1.13. The maximum absolute atomic E-state index is 14.0. The first-order chi connectivity index (χ1) is 18.8. The summed E-state index contributed by atoms with van der Waals surface area (Å²) in [4.78, 5) is 45.5. The Bertz CT molecular complexity index is 1220. The quantitative estimate of drug-likeness (QED) is 0.414. The van der Waals surface area contributed by atoms with Crippen molar-refractivity contribution in [2.75, 3.05) is 41.8 Å². The largest absolute Gasteiger partial charge is 0.396 e. The third-order valence-electron chi connectivity index (χ3n) is 8.67. The molecule has 3 fully saturated rings. The van der Waals surface area contributed by atoms with Crippen LogP contribution in [0.15, 0.2) is 54.6 Å². The molecule has 3 amide bonds. The molecule has 2 unspecified atom stereocenters. The number of nitrogens with one attached hydrogen (secondary N) is 2. The van der Waals surface area contributed by atoms with Crippen molar-refractivity contribution < 1.29 is 19.5 Å². The van der Waals surface area contributed by atoms with Gasteiger partial charge in [0.1, 0.15) is 6.04 Å². The second-order valence-corrected chi connectivity index (χ2v) is 12.8. The van der Waals surface area contributed by atoms with Crippen LogP contribution in [0.3, 0.4) is 0 Å². The van der Waals surface area contributed by atoms with Crippen molar-refractivity contribution >= 4 is 46.5 Å². The minimum Gasteiger partial charge on any atom is -0.396 e. The Balaban J connectivity index is 1.44. The molecule has 5 atom stereocenters. The Morgan fingerprint density at radius 3 is 2.28 bits per heavy atom. The van der Waals surface area contributed by atoms with E-state index in [0.717, 1.165) is 25.2 Å². The minimum absolute atomic E-state index is 0.0780. The summed E-state index contributed by atoms with van der Waals surface area (Å²) >= 11 is 1.65. The van der Waals surface area contributed by atoms with Crippen molar-refractivity contribution in [2.45, 2.75) is 55.6 Å². The summed E-state index contributed by atoms with van der Waals surface area (Å²) in [6.07, 6.45) is 1.82. The van der Waals surface area contributed by atoms with Crippen LogP contribution in [-0.2, 0) is 14.4 Å². The molecule has 5 rings (SSSR count). The number of benzene rings is 2. The molecule has 39 heavy (non-hydrogen) atoms. The lowest BCUT2D eigenvalue weighted by atomic mass is 9.66. The van der Waals surface area contributed by atoms with Gasteiger partial charge in [0.25, 0.3) is 0 Å². The summed E-state index contributed by atoms with van der Waals surface area (Å²) in [5, 5.41) is 15.6. The van der Waals surface area contributed by atoms with Crippen molar-refractivity contribution in [1.82, 2.24) is 4.90 Å². The van der Waals surface area contributed by atoms with Crippen molar-refractivity contribution in [1.29, 1.82) is 0 Å². The molecule has 2 bridgehead atoms. The molecule has 3 heterocycles. The van der Waals surface area contributed by atoms with Gasteiger partial charge in [-0.2, -0.15) is 0 Å². The van der Waals surface area contributed by atoms with E-state index in [4.69, 9.17) is 0 Å². The van der Waals surface area contributed by atoms with Gasteiger partial charge >= 0.3 is 0 Å². The van der Waals surface area contributed by atoms with Crippen LogP contribution >= 0.6 is 11.8 Å². The molecule has 3 N–H and O–H groups in total. The molecule has 2 aromatic rings. The van der Waals surface area contributed by atoms with Crippen LogP contribution in [0.4, 0.5) is 17.1 Å². The maximum Gasteiger partial charge on any atom is 0.248 e. The molecule has 0 aromatic heterocycles.